The van der Waals surface area contributed by atoms with E-state index in [1.54, 1.807) is 22.6 Å². The second kappa shape index (κ2) is 4.88. The molecular weight excluding hydrogens is 278 g/mol. The molecule has 2 atom stereocenters. The maximum absolute atomic E-state index is 12.3. The van der Waals surface area contributed by atoms with E-state index in [1.807, 2.05) is 18.4 Å². The van der Waals surface area contributed by atoms with Crippen LogP contribution in [0, 0.1) is 0 Å². The van der Waals surface area contributed by atoms with Crippen LogP contribution < -0.4 is 0 Å². The van der Waals surface area contributed by atoms with Crippen LogP contribution in [-0.4, -0.2) is 30.4 Å². The summed E-state index contributed by atoms with van der Waals surface area (Å²) in [6.07, 6.45) is 0.811. The lowest BCUT2D eigenvalue weighted by atomic mass is 10.0. The Labute approximate surface area is 111 Å². The Morgan fingerprint density at radius 3 is 3.00 bits per heavy atom. The Balaban J connectivity index is 2.32. The van der Waals surface area contributed by atoms with Gasteiger partial charge in [0.2, 0.25) is 10.0 Å². The van der Waals surface area contributed by atoms with Gasteiger partial charge in [0.15, 0.2) is 0 Å². The van der Waals surface area contributed by atoms with E-state index < -0.39 is 15.3 Å². The van der Waals surface area contributed by atoms with Crippen molar-refractivity contribution >= 4 is 33.0 Å². The number of alkyl halides is 1. The second-order valence-corrected chi connectivity index (χ2v) is 7.96. The molecule has 1 aromatic rings. The number of sulfonamides is 1. The summed E-state index contributed by atoms with van der Waals surface area (Å²) in [5.74, 6) is 0.141. The van der Waals surface area contributed by atoms with Crippen molar-refractivity contribution in [2.45, 2.75) is 31.6 Å². The number of hydrogen-bond acceptors (Lipinski definition) is 3. The molecule has 1 aliphatic heterocycles. The summed E-state index contributed by atoms with van der Waals surface area (Å²) in [7, 11) is -3.28. The highest BCUT2D eigenvalue weighted by Gasteiger charge is 2.36. The van der Waals surface area contributed by atoms with Gasteiger partial charge in [-0.3, -0.25) is 0 Å². The van der Waals surface area contributed by atoms with Crippen molar-refractivity contribution in [2.24, 2.45) is 0 Å². The molecule has 1 aliphatic rings. The lowest BCUT2D eigenvalue weighted by molar-refractivity contribution is 0.326. The van der Waals surface area contributed by atoms with Gasteiger partial charge in [-0.15, -0.1) is 22.9 Å². The third kappa shape index (κ3) is 2.26. The first-order valence-corrected chi connectivity index (χ1v) is 8.53. The van der Waals surface area contributed by atoms with Gasteiger partial charge in [0.1, 0.15) is 0 Å². The summed E-state index contributed by atoms with van der Waals surface area (Å²) in [6, 6.07) is 1.96. The van der Waals surface area contributed by atoms with E-state index in [9.17, 15) is 8.42 Å². The normalized spacial score (nSPS) is 23.4. The smallest absolute Gasteiger partial charge is 0.212 e. The van der Waals surface area contributed by atoms with E-state index >= 15 is 0 Å². The van der Waals surface area contributed by atoms with Crippen LogP contribution in [0.5, 0.6) is 0 Å². The average Bonchev–Trinajstić information content (AvgIpc) is 2.77. The van der Waals surface area contributed by atoms with Crippen molar-refractivity contribution < 1.29 is 8.42 Å². The van der Waals surface area contributed by atoms with E-state index in [2.05, 4.69) is 0 Å². The van der Waals surface area contributed by atoms with Gasteiger partial charge < -0.3 is 0 Å². The minimum Gasteiger partial charge on any atom is -0.212 e. The molecule has 17 heavy (non-hydrogen) atoms. The first-order chi connectivity index (χ1) is 7.98. The van der Waals surface area contributed by atoms with Gasteiger partial charge in [-0.05, 0) is 37.3 Å². The summed E-state index contributed by atoms with van der Waals surface area (Å²) in [4.78, 5) is 1.31. The molecule has 0 saturated heterocycles. The third-order valence-electron chi connectivity index (χ3n) is 3.27. The van der Waals surface area contributed by atoms with E-state index in [0.29, 0.717) is 6.54 Å². The topological polar surface area (TPSA) is 37.4 Å². The van der Waals surface area contributed by atoms with E-state index in [1.165, 1.54) is 4.88 Å². The molecule has 96 valence electrons. The quantitative estimate of drug-likeness (QED) is 0.804. The van der Waals surface area contributed by atoms with Crippen LogP contribution in [0.3, 0.4) is 0 Å². The minimum atomic E-state index is -3.28. The van der Waals surface area contributed by atoms with Crippen LogP contribution in [0.15, 0.2) is 11.4 Å². The first-order valence-electron chi connectivity index (χ1n) is 5.61. The maximum atomic E-state index is 12.3. The van der Waals surface area contributed by atoms with Gasteiger partial charge in [0, 0.05) is 23.3 Å². The Kier molecular flexibility index (Phi) is 3.83. The number of halogens is 1. The summed E-state index contributed by atoms with van der Waals surface area (Å²) in [6.45, 7) is 4.18. The molecule has 0 aliphatic carbocycles. The molecule has 0 radical (unpaired) electrons. The molecule has 0 fully saturated rings. The highest BCUT2D eigenvalue weighted by atomic mass is 35.5. The largest absolute Gasteiger partial charge is 0.218 e. The van der Waals surface area contributed by atoms with Gasteiger partial charge in [-0.2, -0.15) is 4.31 Å². The highest BCUT2D eigenvalue weighted by molar-refractivity contribution is 7.89. The monoisotopic (exact) mass is 293 g/mol. The fourth-order valence-electron chi connectivity index (χ4n) is 2.14. The number of nitrogens with zero attached hydrogens (tertiary/aromatic N) is 1. The molecule has 6 heteroatoms. The van der Waals surface area contributed by atoms with Gasteiger partial charge in [0.25, 0.3) is 0 Å². The Morgan fingerprint density at radius 2 is 2.35 bits per heavy atom. The van der Waals surface area contributed by atoms with Crippen molar-refractivity contribution in [3.63, 3.8) is 0 Å². The zero-order chi connectivity index (χ0) is 12.6. The molecule has 0 saturated carbocycles. The molecule has 0 bridgehead atoms. The van der Waals surface area contributed by atoms with Crippen LogP contribution in [0.1, 0.15) is 30.3 Å². The van der Waals surface area contributed by atoms with Crippen LogP contribution in [0.2, 0.25) is 0 Å². The lowest BCUT2D eigenvalue weighted by Gasteiger charge is -2.34. The summed E-state index contributed by atoms with van der Waals surface area (Å²) in [5, 5.41) is 1.51. The fourth-order valence-corrected chi connectivity index (χ4v) is 5.11. The summed E-state index contributed by atoms with van der Waals surface area (Å²) >= 11 is 7.39. The number of fused-ring (bicyclic) bond motifs is 1. The van der Waals surface area contributed by atoms with Crippen molar-refractivity contribution in [1.29, 1.82) is 0 Å². The number of rotatable bonds is 3. The maximum Gasteiger partial charge on any atom is 0.218 e. The molecular formula is C11H16ClNO2S2. The van der Waals surface area contributed by atoms with Crippen LogP contribution in [0.25, 0.3) is 0 Å². The van der Waals surface area contributed by atoms with Gasteiger partial charge in [0.05, 0.1) is 5.25 Å². The molecule has 1 aromatic heterocycles. The Morgan fingerprint density at radius 1 is 1.65 bits per heavy atom. The van der Waals surface area contributed by atoms with E-state index in [4.69, 9.17) is 11.6 Å². The Bertz CT molecular complexity index is 497. The summed E-state index contributed by atoms with van der Waals surface area (Å²) in [5.41, 5.74) is 1.14. The predicted octanol–water partition coefficient (Wildman–Crippen LogP) is 2.62. The van der Waals surface area contributed by atoms with Gasteiger partial charge >= 0.3 is 0 Å². The SMILES string of the molecule is CC1c2ccsc2CCN1S(=O)(=O)C(C)CCl. The molecule has 0 amide bonds. The molecule has 2 heterocycles. The molecule has 3 nitrogen and oxygen atoms in total. The van der Waals surface area contributed by atoms with E-state index in [0.717, 1.165) is 12.0 Å². The van der Waals surface area contributed by atoms with Gasteiger partial charge in [-0.25, -0.2) is 8.42 Å². The average molecular weight is 294 g/mol. The third-order valence-corrected chi connectivity index (χ3v) is 7.25. The van der Waals surface area contributed by atoms with Crippen molar-refractivity contribution in [2.75, 3.05) is 12.4 Å². The number of hydrogen-bond donors (Lipinski definition) is 0. The minimum absolute atomic E-state index is 0.0688. The lowest BCUT2D eigenvalue weighted by Crippen LogP contribution is -2.43. The summed E-state index contributed by atoms with van der Waals surface area (Å²) < 4.78 is 26.2. The molecule has 2 unspecified atom stereocenters. The van der Waals surface area contributed by atoms with Crippen LogP contribution in [0.4, 0.5) is 0 Å². The standard InChI is InChI=1S/C11H16ClNO2S2/c1-8(7-12)17(14,15)13-5-3-11-10(9(13)2)4-6-16-11/h4,6,8-9H,3,5,7H2,1-2H3. The van der Waals surface area contributed by atoms with Crippen LogP contribution in [-0.2, 0) is 16.4 Å². The molecule has 0 aromatic carbocycles. The zero-order valence-electron chi connectivity index (χ0n) is 9.89. The number of thiophene rings is 1. The molecule has 0 spiro atoms. The van der Waals surface area contributed by atoms with E-state index in [-0.39, 0.29) is 11.9 Å². The molecule has 0 N–H and O–H groups in total. The Hall–Kier alpha value is -0.100. The first kappa shape index (κ1) is 13.3. The second-order valence-electron chi connectivity index (χ2n) is 4.35. The highest BCUT2D eigenvalue weighted by Crippen LogP contribution is 2.35. The predicted molar refractivity (Wildman–Crippen MR) is 72.2 cm³/mol. The van der Waals surface area contributed by atoms with Crippen molar-refractivity contribution in [3.8, 4) is 0 Å². The molecule has 2 rings (SSSR count). The zero-order valence-corrected chi connectivity index (χ0v) is 12.3. The van der Waals surface area contributed by atoms with Crippen molar-refractivity contribution in [1.82, 2.24) is 4.31 Å². The fraction of sp³-hybridized carbons (Fsp3) is 0.636. The van der Waals surface area contributed by atoms with Gasteiger partial charge in [-0.1, -0.05) is 0 Å². The van der Waals surface area contributed by atoms with Crippen molar-refractivity contribution in [3.05, 3.63) is 21.9 Å². The van der Waals surface area contributed by atoms with Crippen LogP contribution >= 0.6 is 22.9 Å².